The van der Waals surface area contributed by atoms with E-state index < -0.39 is 11.6 Å². The van der Waals surface area contributed by atoms with E-state index in [1.165, 1.54) is 0 Å². The Morgan fingerprint density at radius 2 is 1.60 bits per heavy atom. The Balaban J connectivity index is 1.38. The van der Waals surface area contributed by atoms with E-state index >= 15 is 0 Å². The number of amides is 1. The summed E-state index contributed by atoms with van der Waals surface area (Å²) in [5.74, 6) is 0.684. The van der Waals surface area contributed by atoms with E-state index in [0.29, 0.717) is 45.8 Å². The first-order chi connectivity index (χ1) is 23.4. The van der Waals surface area contributed by atoms with Crippen molar-refractivity contribution in [2.45, 2.75) is 40.8 Å². The molecule has 0 spiro atoms. The van der Waals surface area contributed by atoms with Crippen molar-refractivity contribution in [3.63, 3.8) is 0 Å². The number of nitrogens with zero attached hydrogens (tertiary/aromatic N) is 1. The number of aliphatic hydroxyl groups excluding tert-OH is 1. The second kappa shape index (κ2) is 15.8. The van der Waals surface area contributed by atoms with Gasteiger partial charge >= 0.3 is 0 Å². The maximum Gasteiger partial charge on any atom is 0.252 e. The van der Waals surface area contributed by atoms with Gasteiger partial charge in [-0.3, -0.25) is 4.79 Å². The molecule has 0 unspecified atom stereocenters. The lowest BCUT2D eigenvalue weighted by Crippen LogP contribution is -2.49. The summed E-state index contributed by atoms with van der Waals surface area (Å²) in [7, 11) is 0. The number of aliphatic imine (C=N–C) groups is 1. The zero-order valence-corrected chi connectivity index (χ0v) is 28.3. The van der Waals surface area contributed by atoms with Crippen LogP contribution in [-0.4, -0.2) is 35.7 Å². The van der Waals surface area contributed by atoms with Gasteiger partial charge in [0.2, 0.25) is 5.90 Å². The number of benzene rings is 5. The Morgan fingerprint density at radius 3 is 2.33 bits per heavy atom. The maximum atomic E-state index is 14.7. The van der Waals surface area contributed by atoms with E-state index in [0.717, 1.165) is 20.9 Å². The Hall–Kier alpha value is -4.27. The highest BCUT2D eigenvalue weighted by Gasteiger charge is 2.53. The summed E-state index contributed by atoms with van der Waals surface area (Å²) in [6.07, 6.45) is -0.0599. The van der Waals surface area contributed by atoms with Crippen LogP contribution in [0.4, 0.5) is 0 Å². The standard InChI is InChI=1S/C39H34Cl2N2O4S/c40-30-18-21-33(34(41)24-30)36-39(25-27-10-3-1-4-11-27,43-37(47-36)28-16-19-31(20-17-28)46-23-9-22-44)38(45)42-26-29-12-7-8-15-35(29)48-32-13-5-2-6-14-32/h1-8,10-21,24,36,44H,9,22-23,25-26H2,(H,42,45)/t36-,39-/m1/s1. The van der Waals surface area contributed by atoms with Crippen LogP contribution in [0.15, 0.2) is 142 Å². The maximum absolute atomic E-state index is 14.7. The number of hydrogen-bond donors (Lipinski definition) is 2. The highest BCUT2D eigenvalue weighted by Crippen LogP contribution is 2.45. The van der Waals surface area contributed by atoms with Crippen LogP contribution in [0, 0.1) is 0 Å². The first-order valence-corrected chi connectivity index (χ1v) is 17.2. The molecule has 1 aliphatic heterocycles. The Bertz CT molecular complexity index is 1870. The van der Waals surface area contributed by atoms with Gasteiger partial charge in [-0.1, -0.05) is 108 Å². The lowest BCUT2D eigenvalue weighted by Gasteiger charge is -2.31. The van der Waals surface area contributed by atoms with Crippen LogP contribution >= 0.6 is 35.0 Å². The van der Waals surface area contributed by atoms with E-state index in [1.54, 1.807) is 30.0 Å². The van der Waals surface area contributed by atoms with Crippen LogP contribution in [0.1, 0.15) is 34.8 Å². The Morgan fingerprint density at radius 1 is 0.896 bits per heavy atom. The lowest BCUT2D eigenvalue weighted by atomic mass is 9.82. The molecule has 5 aromatic carbocycles. The van der Waals surface area contributed by atoms with Gasteiger partial charge in [0.1, 0.15) is 5.75 Å². The number of carbonyl (C=O) groups is 1. The van der Waals surface area contributed by atoms with Gasteiger partial charge in [0.05, 0.1) is 6.61 Å². The molecule has 0 radical (unpaired) electrons. The molecular formula is C39H34Cl2N2O4S. The van der Waals surface area contributed by atoms with Crippen molar-refractivity contribution < 1.29 is 19.4 Å². The number of hydrogen-bond acceptors (Lipinski definition) is 6. The highest BCUT2D eigenvalue weighted by molar-refractivity contribution is 7.99. The fraction of sp³-hybridized carbons (Fsp3) is 0.179. The van der Waals surface area contributed by atoms with Gasteiger partial charge in [-0.05, 0) is 65.7 Å². The average molecular weight is 698 g/mol. The molecule has 0 fully saturated rings. The third-order valence-electron chi connectivity index (χ3n) is 7.97. The van der Waals surface area contributed by atoms with Crippen molar-refractivity contribution >= 4 is 46.8 Å². The van der Waals surface area contributed by atoms with Crippen molar-refractivity contribution in [3.8, 4) is 5.75 Å². The van der Waals surface area contributed by atoms with Gasteiger partial charge in [-0.2, -0.15) is 0 Å². The van der Waals surface area contributed by atoms with Crippen molar-refractivity contribution in [2.75, 3.05) is 13.2 Å². The molecule has 0 aliphatic carbocycles. The third kappa shape index (κ3) is 7.88. The van der Waals surface area contributed by atoms with Gasteiger partial charge < -0.3 is 19.9 Å². The number of aliphatic hydroxyl groups is 1. The molecule has 5 aromatic rings. The zero-order chi connectivity index (χ0) is 33.3. The van der Waals surface area contributed by atoms with Crippen molar-refractivity contribution in [3.05, 3.63) is 160 Å². The van der Waals surface area contributed by atoms with Crippen molar-refractivity contribution in [2.24, 2.45) is 4.99 Å². The summed E-state index contributed by atoms with van der Waals surface area (Å²) < 4.78 is 12.4. The minimum absolute atomic E-state index is 0.0559. The molecule has 6 rings (SSSR count). The second-order valence-electron chi connectivity index (χ2n) is 11.3. The van der Waals surface area contributed by atoms with Crippen molar-refractivity contribution in [1.82, 2.24) is 5.32 Å². The molecule has 48 heavy (non-hydrogen) atoms. The number of nitrogens with one attached hydrogen (secondary N) is 1. The molecule has 2 atom stereocenters. The molecule has 1 heterocycles. The topological polar surface area (TPSA) is 80.2 Å². The molecule has 1 amide bonds. The van der Waals surface area contributed by atoms with Crippen LogP contribution in [0.3, 0.4) is 0 Å². The number of halogens is 2. The fourth-order valence-corrected chi connectivity index (χ4v) is 7.05. The summed E-state index contributed by atoms with van der Waals surface area (Å²) in [4.78, 5) is 22.0. The SMILES string of the molecule is O=C(NCc1ccccc1Sc1ccccc1)[C@]1(Cc2ccccc2)N=C(c2ccc(OCCCO)cc2)O[C@@H]1c1ccc(Cl)cc1Cl. The number of rotatable bonds is 13. The van der Waals surface area contributed by atoms with Crippen molar-refractivity contribution in [1.29, 1.82) is 0 Å². The summed E-state index contributed by atoms with van der Waals surface area (Å²) in [5, 5.41) is 13.2. The van der Waals surface area contributed by atoms with Gasteiger partial charge in [-0.15, -0.1) is 0 Å². The van der Waals surface area contributed by atoms with Crippen LogP contribution in [0.25, 0.3) is 0 Å². The predicted octanol–water partition coefficient (Wildman–Crippen LogP) is 8.72. The Kier molecular flexibility index (Phi) is 11.0. The molecular weight excluding hydrogens is 663 g/mol. The van der Waals surface area contributed by atoms with Gasteiger partial charge in [-0.25, -0.2) is 4.99 Å². The molecule has 244 valence electrons. The molecule has 2 N–H and O–H groups in total. The molecule has 0 saturated heterocycles. The minimum atomic E-state index is -1.41. The van der Waals surface area contributed by atoms with Crippen LogP contribution in [0.5, 0.6) is 5.75 Å². The molecule has 0 bridgehead atoms. The molecule has 6 nitrogen and oxygen atoms in total. The molecule has 9 heteroatoms. The van der Waals surface area contributed by atoms with Crippen LogP contribution in [-0.2, 0) is 22.5 Å². The van der Waals surface area contributed by atoms with Crippen LogP contribution in [0.2, 0.25) is 10.0 Å². The summed E-state index contributed by atoms with van der Waals surface area (Å²) in [5.41, 5.74) is 1.78. The quantitative estimate of drug-likeness (QED) is 0.120. The first-order valence-electron chi connectivity index (χ1n) is 15.6. The van der Waals surface area contributed by atoms with E-state index in [4.69, 9.17) is 42.8 Å². The summed E-state index contributed by atoms with van der Waals surface area (Å²) in [6, 6.07) is 40.5. The van der Waals surface area contributed by atoms with Gasteiger partial charge in [0.25, 0.3) is 5.91 Å². The minimum Gasteiger partial charge on any atom is -0.494 e. The smallest absolute Gasteiger partial charge is 0.252 e. The van der Waals surface area contributed by atoms with E-state index in [9.17, 15) is 4.79 Å². The second-order valence-corrected chi connectivity index (χ2v) is 13.3. The predicted molar refractivity (Wildman–Crippen MR) is 192 cm³/mol. The van der Waals surface area contributed by atoms with E-state index in [-0.39, 0.29) is 25.5 Å². The number of ether oxygens (including phenoxy) is 2. The van der Waals surface area contributed by atoms with Crippen LogP contribution < -0.4 is 10.1 Å². The third-order valence-corrected chi connectivity index (χ3v) is 9.66. The van der Waals surface area contributed by atoms with Gasteiger partial charge in [0, 0.05) is 57.0 Å². The zero-order valence-electron chi connectivity index (χ0n) is 26.0. The highest BCUT2D eigenvalue weighted by atomic mass is 35.5. The summed E-state index contributed by atoms with van der Waals surface area (Å²) >= 11 is 14.8. The monoisotopic (exact) mass is 696 g/mol. The number of carbonyl (C=O) groups excluding carboxylic acids is 1. The largest absolute Gasteiger partial charge is 0.494 e. The fourth-order valence-electron chi connectivity index (χ4n) is 5.57. The normalized spacial score (nSPS) is 17.0. The first kappa shape index (κ1) is 33.6. The Labute approximate surface area is 294 Å². The lowest BCUT2D eigenvalue weighted by molar-refractivity contribution is -0.129. The van der Waals surface area contributed by atoms with E-state index in [2.05, 4.69) is 23.5 Å². The van der Waals surface area contributed by atoms with E-state index in [1.807, 2.05) is 91.0 Å². The molecule has 1 aliphatic rings. The summed E-state index contributed by atoms with van der Waals surface area (Å²) in [6.45, 7) is 0.745. The molecule has 0 saturated carbocycles. The average Bonchev–Trinajstić information content (AvgIpc) is 3.49. The van der Waals surface area contributed by atoms with Gasteiger partial charge in [0.15, 0.2) is 11.6 Å². The molecule has 0 aromatic heterocycles.